The fraction of sp³-hybridized carbons (Fsp3) is 0.455. The molecular formula is C11H13BF3KO2. The fourth-order valence-corrected chi connectivity index (χ4v) is 1.74. The second-order valence-electron chi connectivity index (χ2n) is 4.19. The summed E-state index contributed by atoms with van der Waals surface area (Å²) in [7, 11) is 0. The normalized spacial score (nSPS) is 19.4. The van der Waals surface area contributed by atoms with Crippen molar-refractivity contribution in [2.24, 2.45) is 5.92 Å². The minimum Gasteiger partial charge on any atom is -0.493 e. The van der Waals surface area contributed by atoms with E-state index < -0.39 is 12.4 Å². The molecule has 94 valence electrons. The Bertz CT molecular complexity index is 381. The van der Waals surface area contributed by atoms with E-state index in [1.165, 1.54) is 6.07 Å². The molecule has 0 radical (unpaired) electrons. The van der Waals surface area contributed by atoms with Gasteiger partial charge in [-0.3, -0.25) is 0 Å². The first-order chi connectivity index (χ1) is 8.05. The van der Waals surface area contributed by atoms with Crippen molar-refractivity contribution >= 4 is 12.4 Å². The second-order valence-corrected chi connectivity index (χ2v) is 4.19. The summed E-state index contributed by atoms with van der Waals surface area (Å²) < 4.78 is 48.0. The molecule has 1 fully saturated rings. The average Bonchev–Trinajstić information content (AvgIpc) is 2.78. The van der Waals surface area contributed by atoms with Gasteiger partial charge in [0.05, 0.1) is 13.2 Å². The van der Waals surface area contributed by atoms with Gasteiger partial charge in [-0.15, -0.1) is 5.46 Å². The Morgan fingerprint density at radius 2 is 2.11 bits per heavy atom. The molecule has 1 aromatic carbocycles. The Balaban J connectivity index is 0.00000162. The van der Waals surface area contributed by atoms with Crippen LogP contribution in [0.15, 0.2) is 24.3 Å². The number of hydrogen-bond acceptors (Lipinski definition) is 2. The van der Waals surface area contributed by atoms with Gasteiger partial charge in [0.2, 0.25) is 0 Å². The van der Waals surface area contributed by atoms with E-state index in [0.29, 0.717) is 19.8 Å². The SMILES string of the molecule is F[B-](F)(F)c1cccc(OCC2CCOC2)c1.[K+]. The van der Waals surface area contributed by atoms with Crippen LogP contribution in [0.5, 0.6) is 5.75 Å². The zero-order valence-corrected chi connectivity index (χ0v) is 13.4. The molecule has 2 rings (SSSR count). The van der Waals surface area contributed by atoms with Crippen LogP contribution >= 0.6 is 0 Å². The molecule has 0 amide bonds. The fourth-order valence-electron chi connectivity index (χ4n) is 1.74. The van der Waals surface area contributed by atoms with E-state index in [4.69, 9.17) is 9.47 Å². The third kappa shape index (κ3) is 4.86. The molecule has 1 atom stereocenters. The first-order valence-electron chi connectivity index (χ1n) is 5.56. The van der Waals surface area contributed by atoms with Crippen LogP contribution in [0.25, 0.3) is 0 Å². The smallest absolute Gasteiger partial charge is 0.493 e. The topological polar surface area (TPSA) is 18.5 Å². The van der Waals surface area contributed by atoms with Crippen LogP contribution in [0.3, 0.4) is 0 Å². The molecule has 18 heavy (non-hydrogen) atoms. The van der Waals surface area contributed by atoms with Gasteiger partial charge in [0.1, 0.15) is 5.75 Å². The minimum atomic E-state index is -4.96. The van der Waals surface area contributed by atoms with E-state index in [2.05, 4.69) is 0 Å². The van der Waals surface area contributed by atoms with Gasteiger partial charge in [0, 0.05) is 12.5 Å². The van der Waals surface area contributed by atoms with Crippen LogP contribution < -0.4 is 61.6 Å². The van der Waals surface area contributed by atoms with Gasteiger partial charge in [-0.05, 0) is 18.6 Å². The molecule has 0 N–H and O–H groups in total. The number of hydrogen-bond donors (Lipinski definition) is 0. The number of benzene rings is 1. The molecule has 0 aliphatic carbocycles. The van der Waals surface area contributed by atoms with E-state index in [1.54, 1.807) is 6.07 Å². The zero-order chi connectivity index (χ0) is 12.3. The summed E-state index contributed by atoms with van der Waals surface area (Å²) in [4.78, 5) is 0. The van der Waals surface area contributed by atoms with E-state index in [-0.39, 0.29) is 63.1 Å². The van der Waals surface area contributed by atoms with Crippen molar-refractivity contribution in [1.29, 1.82) is 0 Å². The Labute approximate surface area is 147 Å². The molecule has 1 saturated heterocycles. The molecule has 1 aliphatic rings. The number of halogens is 3. The van der Waals surface area contributed by atoms with Gasteiger partial charge in [0.25, 0.3) is 0 Å². The van der Waals surface area contributed by atoms with Crippen LogP contribution in [0.2, 0.25) is 0 Å². The Morgan fingerprint density at radius 3 is 2.72 bits per heavy atom. The molecular weight excluding hydrogens is 271 g/mol. The van der Waals surface area contributed by atoms with Gasteiger partial charge in [0.15, 0.2) is 0 Å². The van der Waals surface area contributed by atoms with Crippen LogP contribution in [0.4, 0.5) is 12.9 Å². The van der Waals surface area contributed by atoms with Crippen LogP contribution in [0, 0.1) is 5.92 Å². The van der Waals surface area contributed by atoms with Crippen LogP contribution in [-0.4, -0.2) is 26.8 Å². The van der Waals surface area contributed by atoms with Crippen molar-refractivity contribution in [3.8, 4) is 5.75 Å². The Kier molecular flexibility index (Phi) is 6.71. The molecule has 2 nitrogen and oxygen atoms in total. The molecule has 7 heteroatoms. The van der Waals surface area contributed by atoms with Gasteiger partial charge < -0.3 is 22.4 Å². The van der Waals surface area contributed by atoms with Gasteiger partial charge in [-0.25, -0.2) is 0 Å². The molecule has 1 heterocycles. The van der Waals surface area contributed by atoms with Crippen molar-refractivity contribution in [2.75, 3.05) is 19.8 Å². The van der Waals surface area contributed by atoms with Crippen molar-refractivity contribution in [1.82, 2.24) is 0 Å². The summed E-state index contributed by atoms with van der Waals surface area (Å²) in [5, 5.41) is 0. The molecule has 1 aliphatic heterocycles. The summed E-state index contributed by atoms with van der Waals surface area (Å²) in [6.45, 7) is -3.21. The van der Waals surface area contributed by atoms with Crippen LogP contribution in [0.1, 0.15) is 6.42 Å². The van der Waals surface area contributed by atoms with Crippen molar-refractivity contribution in [2.45, 2.75) is 6.42 Å². The van der Waals surface area contributed by atoms with Crippen molar-refractivity contribution < 1.29 is 73.8 Å². The molecule has 1 aromatic rings. The maximum atomic E-state index is 12.5. The Hall–Kier alpha value is 0.471. The maximum absolute atomic E-state index is 12.5. The van der Waals surface area contributed by atoms with Crippen molar-refractivity contribution in [3.63, 3.8) is 0 Å². The predicted octanol–water partition coefficient (Wildman–Crippen LogP) is -0.840. The molecule has 1 unspecified atom stereocenters. The summed E-state index contributed by atoms with van der Waals surface area (Å²) in [5.41, 5.74) is -0.620. The third-order valence-corrected chi connectivity index (χ3v) is 2.75. The minimum absolute atomic E-state index is 0. The maximum Gasteiger partial charge on any atom is 1.00 e. The quantitative estimate of drug-likeness (QED) is 0.671. The summed E-state index contributed by atoms with van der Waals surface area (Å²) in [6.07, 6.45) is 0.906. The molecule has 0 bridgehead atoms. The third-order valence-electron chi connectivity index (χ3n) is 2.75. The van der Waals surface area contributed by atoms with E-state index in [1.807, 2.05) is 0 Å². The van der Waals surface area contributed by atoms with E-state index in [0.717, 1.165) is 18.6 Å². The van der Waals surface area contributed by atoms with E-state index in [9.17, 15) is 12.9 Å². The monoisotopic (exact) mass is 284 g/mol. The largest absolute Gasteiger partial charge is 1.00 e. The summed E-state index contributed by atoms with van der Waals surface area (Å²) in [5.74, 6) is 0.559. The molecule has 0 saturated carbocycles. The van der Waals surface area contributed by atoms with Gasteiger partial charge in [-0.1, -0.05) is 12.1 Å². The van der Waals surface area contributed by atoms with Crippen LogP contribution in [-0.2, 0) is 4.74 Å². The Morgan fingerprint density at radius 1 is 1.33 bits per heavy atom. The first kappa shape index (κ1) is 16.5. The number of ether oxygens (including phenoxy) is 2. The summed E-state index contributed by atoms with van der Waals surface area (Å²) >= 11 is 0. The van der Waals surface area contributed by atoms with Crippen molar-refractivity contribution in [3.05, 3.63) is 24.3 Å². The van der Waals surface area contributed by atoms with Gasteiger partial charge >= 0.3 is 58.4 Å². The molecule has 0 aromatic heterocycles. The zero-order valence-electron chi connectivity index (χ0n) is 10.2. The predicted molar refractivity (Wildman–Crippen MR) is 59.6 cm³/mol. The average molecular weight is 284 g/mol. The first-order valence-corrected chi connectivity index (χ1v) is 5.56. The van der Waals surface area contributed by atoms with Gasteiger partial charge in [-0.2, -0.15) is 0 Å². The number of rotatable bonds is 4. The van der Waals surface area contributed by atoms with E-state index >= 15 is 0 Å². The second kappa shape index (κ2) is 7.31. The summed E-state index contributed by atoms with van der Waals surface area (Å²) in [6, 6.07) is 5.02. The molecule has 0 spiro atoms. The standard InChI is InChI=1S/C11H13BF3O2.K/c13-12(14,15)10-2-1-3-11(6-10)17-8-9-4-5-16-7-9;/h1-3,6,9H,4-5,7-8H2;/q-1;+1.